The number of aryl methyl sites for hydroxylation is 1. The number of carbonyl (C=O) groups is 2. The highest BCUT2D eigenvalue weighted by molar-refractivity contribution is 6.12. The van der Waals surface area contributed by atoms with E-state index >= 15 is 0 Å². The van der Waals surface area contributed by atoms with Crippen molar-refractivity contribution in [3.8, 4) is 5.75 Å². The standard InChI is InChI=1S/C31H31N5O4/c1-5-36-28-25(30(37)35(4)26-7-6-15-32-29(26)36)18-21(19-33-28)14-16-40-27-13-12-24(17-20(27)2)34(3)23-10-8-22(9-11-23)31(38)39/h6-13,15,17-19H,5,14,16H2,1-4H3,(H,38,39). The average molecular weight is 538 g/mol. The van der Waals surface area contributed by atoms with Crippen LogP contribution in [0.5, 0.6) is 5.75 Å². The highest BCUT2D eigenvalue weighted by Crippen LogP contribution is 2.37. The van der Waals surface area contributed by atoms with Crippen molar-refractivity contribution < 1.29 is 19.4 Å². The molecule has 4 aromatic rings. The monoisotopic (exact) mass is 537 g/mol. The predicted molar refractivity (Wildman–Crippen MR) is 156 cm³/mol. The fraction of sp³-hybridized carbons (Fsp3) is 0.226. The number of carboxylic acid groups (broad SMARTS) is 1. The lowest BCUT2D eigenvalue weighted by atomic mass is 10.1. The molecule has 0 saturated carbocycles. The number of carboxylic acids is 1. The molecule has 0 spiro atoms. The zero-order chi connectivity index (χ0) is 28.4. The Morgan fingerprint density at radius 3 is 2.48 bits per heavy atom. The van der Waals surface area contributed by atoms with Gasteiger partial charge in [-0.05, 0) is 85.6 Å². The van der Waals surface area contributed by atoms with Gasteiger partial charge in [-0.2, -0.15) is 0 Å². The van der Waals surface area contributed by atoms with Crippen LogP contribution in [-0.4, -0.2) is 54.2 Å². The summed E-state index contributed by atoms with van der Waals surface area (Å²) in [6.07, 6.45) is 4.11. The third-order valence-electron chi connectivity index (χ3n) is 7.11. The number of anilines is 5. The number of aromatic carboxylic acids is 1. The van der Waals surface area contributed by atoms with E-state index in [1.165, 1.54) is 0 Å². The fourth-order valence-electron chi connectivity index (χ4n) is 4.82. The summed E-state index contributed by atoms with van der Waals surface area (Å²) in [6.45, 7) is 5.06. The maximum atomic E-state index is 13.4. The highest BCUT2D eigenvalue weighted by Gasteiger charge is 2.30. The Bertz CT molecular complexity index is 1570. The number of hydrogen-bond donors (Lipinski definition) is 1. The van der Waals surface area contributed by atoms with Gasteiger partial charge in [0.1, 0.15) is 11.6 Å². The summed E-state index contributed by atoms with van der Waals surface area (Å²) in [5, 5.41) is 9.13. The molecule has 1 amide bonds. The molecule has 1 aliphatic rings. The van der Waals surface area contributed by atoms with Crippen LogP contribution in [0.25, 0.3) is 0 Å². The second-order valence-electron chi connectivity index (χ2n) is 9.63. The van der Waals surface area contributed by atoms with Gasteiger partial charge >= 0.3 is 5.97 Å². The first-order valence-electron chi connectivity index (χ1n) is 13.1. The predicted octanol–water partition coefficient (Wildman–Crippen LogP) is 5.62. The molecule has 3 heterocycles. The molecule has 1 aliphatic heterocycles. The topological polar surface area (TPSA) is 99.1 Å². The van der Waals surface area contributed by atoms with Crippen molar-refractivity contribution in [3.05, 3.63) is 95.3 Å². The van der Waals surface area contributed by atoms with Gasteiger partial charge in [-0.25, -0.2) is 14.8 Å². The SMILES string of the molecule is CCN1c2ncc(CCOc3ccc(N(C)c4ccc(C(=O)O)cc4)cc3C)cc2C(=O)N(C)c2cccnc21. The first-order chi connectivity index (χ1) is 19.3. The smallest absolute Gasteiger partial charge is 0.335 e. The van der Waals surface area contributed by atoms with Crippen molar-refractivity contribution in [3.63, 3.8) is 0 Å². The Kier molecular flexibility index (Phi) is 7.37. The second kappa shape index (κ2) is 11.1. The van der Waals surface area contributed by atoms with E-state index < -0.39 is 5.97 Å². The Hall–Kier alpha value is -4.92. The highest BCUT2D eigenvalue weighted by atomic mass is 16.5. The van der Waals surface area contributed by atoms with Gasteiger partial charge in [0.05, 0.1) is 23.4 Å². The molecule has 40 heavy (non-hydrogen) atoms. The van der Waals surface area contributed by atoms with Crippen LogP contribution in [-0.2, 0) is 6.42 Å². The number of rotatable bonds is 8. The molecule has 204 valence electrons. The zero-order valence-electron chi connectivity index (χ0n) is 23.0. The number of pyridine rings is 2. The van der Waals surface area contributed by atoms with E-state index in [2.05, 4.69) is 9.97 Å². The van der Waals surface area contributed by atoms with E-state index in [4.69, 9.17) is 9.84 Å². The molecule has 5 rings (SSSR count). The summed E-state index contributed by atoms with van der Waals surface area (Å²) >= 11 is 0. The van der Waals surface area contributed by atoms with Crippen LogP contribution in [0.3, 0.4) is 0 Å². The molecule has 9 heteroatoms. The van der Waals surface area contributed by atoms with Gasteiger partial charge in [-0.15, -0.1) is 0 Å². The first-order valence-corrected chi connectivity index (χ1v) is 13.1. The lowest BCUT2D eigenvalue weighted by Crippen LogP contribution is -2.25. The first kappa shape index (κ1) is 26.7. The normalized spacial score (nSPS) is 12.4. The van der Waals surface area contributed by atoms with Gasteiger partial charge in [0.2, 0.25) is 0 Å². The molecule has 0 fully saturated rings. The van der Waals surface area contributed by atoms with E-state index in [1.54, 1.807) is 48.6 Å². The molecular weight excluding hydrogens is 506 g/mol. The Morgan fingerprint density at radius 2 is 1.77 bits per heavy atom. The lowest BCUT2D eigenvalue weighted by molar-refractivity contribution is 0.0696. The van der Waals surface area contributed by atoms with E-state index in [-0.39, 0.29) is 11.5 Å². The van der Waals surface area contributed by atoms with Crippen LogP contribution in [0.1, 0.15) is 38.8 Å². The van der Waals surface area contributed by atoms with Gasteiger partial charge in [0, 0.05) is 50.8 Å². The van der Waals surface area contributed by atoms with Crippen LogP contribution in [0.2, 0.25) is 0 Å². The van der Waals surface area contributed by atoms with Gasteiger partial charge in [0.25, 0.3) is 5.91 Å². The summed E-state index contributed by atoms with van der Waals surface area (Å²) in [4.78, 5) is 39.3. The van der Waals surface area contributed by atoms with Gasteiger partial charge in [0.15, 0.2) is 5.82 Å². The minimum atomic E-state index is -0.946. The Morgan fingerprint density at radius 1 is 1.02 bits per heavy atom. The number of ether oxygens (including phenoxy) is 1. The number of amides is 1. The van der Waals surface area contributed by atoms with Gasteiger partial charge < -0.3 is 24.5 Å². The summed E-state index contributed by atoms with van der Waals surface area (Å²) < 4.78 is 6.11. The molecule has 0 unspecified atom stereocenters. The minimum absolute atomic E-state index is 0.122. The van der Waals surface area contributed by atoms with E-state index in [0.717, 1.165) is 33.9 Å². The van der Waals surface area contributed by atoms with Crippen molar-refractivity contribution in [2.24, 2.45) is 0 Å². The summed E-state index contributed by atoms with van der Waals surface area (Å²) in [7, 11) is 3.69. The zero-order valence-corrected chi connectivity index (χ0v) is 23.0. The van der Waals surface area contributed by atoms with Gasteiger partial charge in [-0.1, -0.05) is 0 Å². The van der Waals surface area contributed by atoms with Crippen molar-refractivity contribution >= 4 is 40.6 Å². The number of fused-ring (bicyclic) bond motifs is 2. The van der Waals surface area contributed by atoms with E-state index in [1.807, 2.05) is 67.1 Å². The van der Waals surface area contributed by atoms with E-state index in [0.29, 0.717) is 36.8 Å². The third-order valence-corrected chi connectivity index (χ3v) is 7.11. The van der Waals surface area contributed by atoms with Crippen LogP contribution >= 0.6 is 0 Å². The molecule has 2 aromatic heterocycles. The molecular formula is C31H31N5O4. The maximum Gasteiger partial charge on any atom is 0.335 e. The molecule has 1 N–H and O–H groups in total. The quantitative estimate of drug-likeness (QED) is 0.309. The number of benzene rings is 2. The van der Waals surface area contributed by atoms with Crippen LogP contribution in [0, 0.1) is 6.92 Å². The molecule has 9 nitrogen and oxygen atoms in total. The van der Waals surface area contributed by atoms with Crippen LogP contribution < -0.4 is 19.4 Å². The molecule has 0 saturated heterocycles. The summed E-state index contributed by atoms with van der Waals surface area (Å²) in [5.74, 6) is 1.02. The second-order valence-corrected chi connectivity index (χ2v) is 9.63. The van der Waals surface area contributed by atoms with E-state index in [9.17, 15) is 9.59 Å². The summed E-state index contributed by atoms with van der Waals surface area (Å²) in [5.41, 5.74) is 5.28. The molecule has 0 aliphatic carbocycles. The largest absolute Gasteiger partial charge is 0.493 e. The van der Waals surface area contributed by atoms with Crippen molar-refractivity contribution in [1.82, 2.24) is 9.97 Å². The summed E-state index contributed by atoms with van der Waals surface area (Å²) in [6, 6.07) is 18.3. The molecule has 0 bridgehead atoms. The third kappa shape index (κ3) is 5.05. The number of nitrogens with zero attached hydrogens (tertiary/aromatic N) is 5. The molecule has 0 atom stereocenters. The number of aromatic nitrogens is 2. The fourth-order valence-corrected chi connectivity index (χ4v) is 4.82. The van der Waals surface area contributed by atoms with Crippen molar-refractivity contribution in [1.29, 1.82) is 0 Å². The van der Waals surface area contributed by atoms with Gasteiger partial charge in [-0.3, -0.25) is 4.79 Å². The van der Waals surface area contributed by atoms with Crippen LogP contribution in [0.15, 0.2) is 73.1 Å². The Labute approximate surface area is 233 Å². The molecule has 2 aromatic carbocycles. The minimum Gasteiger partial charge on any atom is -0.493 e. The molecule has 0 radical (unpaired) electrons. The van der Waals surface area contributed by atoms with Crippen LogP contribution in [0.4, 0.5) is 28.7 Å². The lowest BCUT2D eigenvalue weighted by Gasteiger charge is -2.22. The van der Waals surface area contributed by atoms with Crippen molar-refractivity contribution in [2.45, 2.75) is 20.3 Å². The van der Waals surface area contributed by atoms with Crippen molar-refractivity contribution in [2.75, 3.05) is 41.9 Å². The number of carbonyl (C=O) groups excluding carboxylic acids is 1. The maximum absolute atomic E-state index is 13.4. The average Bonchev–Trinajstić information content (AvgIpc) is 3.06. The number of hydrogen-bond acceptors (Lipinski definition) is 7. The Balaban J connectivity index is 1.28.